The van der Waals surface area contributed by atoms with Gasteiger partial charge in [-0.3, -0.25) is 4.79 Å². The highest BCUT2D eigenvalue weighted by molar-refractivity contribution is 9.10. The lowest BCUT2D eigenvalue weighted by atomic mass is 10.1. The predicted octanol–water partition coefficient (Wildman–Crippen LogP) is 3.11. The van der Waals surface area contributed by atoms with Crippen LogP contribution in [0.5, 0.6) is 5.75 Å². The summed E-state index contributed by atoms with van der Waals surface area (Å²) in [5, 5.41) is 20.7. The number of amides is 1. The summed E-state index contributed by atoms with van der Waals surface area (Å²) >= 11 is 3.24. The molecule has 1 amide bonds. The van der Waals surface area contributed by atoms with E-state index < -0.39 is 11.9 Å². The Balaban J connectivity index is 2.25. The average Bonchev–Trinajstić information content (AvgIpc) is 2.41. The lowest BCUT2D eigenvalue weighted by molar-refractivity contribution is 0.0696. The maximum Gasteiger partial charge on any atom is 0.335 e. The van der Waals surface area contributed by atoms with Gasteiger partial charge in [0, 0.05) is 10.0 Å². The zero-order valence-corrected chi connectivity index (χ0v) is 11.7. The third-order valence-electron chi connectivity index (χ3n) is 2.59. The van der Waals surface area contributed by atoms with Gasteiger partial charge in [-0.1, -0.05) is 0 Å². The summed E-state index contributed by atoms with van der Waals surface area (Å²) in [5.41, 5.74) is 0.799. The van der Waals surface area contributed by atoms with Crippen molar-refractivity contribution in [3.8, 4) is 5.75 Å². The Bertz CT molecular complexity index is 667. The minimum Gasteiger partial charge on any atom is -0.508 e. The molecule has 0 bridgehead atoms. The van der Waals surface area contributed by atoms with Gasteiger partial charge in [0.25, 0.3) is 5.91 Å². The molecule has 0 unspecified atom stereocenters. The normalized spacial score (nSPS) is 10.1. The molecule has 3 N–H and O–H groups in total. The number of carboxylic acids is 1. The van der Waals surface area contributed by atoms with Crippen molar-refractivity contribution in [1.29, 1.82) is 0 Å². The van der Waals surface area contributed by atoms with E-state index in [1.54, 1.807) is 6.07 Å². The summed E-state index contributed by atoms with van der Waals surface area (Å²) in [6.45, 7) is 0. The third-order valence-corrected chi connectivity index (χ3v) is 3.28. The lowest BCUT2D eigenvalue weighted by Gasteiger charge is -2.08. The molecule has 102 valence electrons. The number of anilines is 1. The summed E-state index contributed by atoms with van der Waals surface area (Å²) < 4.78 is 0.578. The van der Waals surface area contributed by atoms with Crippen LogP contribution in [0.2, 0.25) is 0 Å². The molecule has 6 heteroatoms. The van der Waals surface area contributed by atoms with Gasteiger partial charge >= 0.3 is 5.97 Å². The number of hydrogen-bond acceptors (Lipinski definition) is 3. The van der Waals surface area contributed by atoms with Crippen LogP contribution < -0.4 is 5.32 Å². The highest BCUT2D eigenvalue weighted by Crippen LogP contribution is 2.24. The van der Waals surface area contributed by atoms with E-state index in [2.05, 4.69) is 21.2 Å². The number of carbonyl (C=O) groups is 2. The van der Waals surface area contributed by atoms with Crippen molar-refractivity contribution in [2.24, 2.45) is 0 Å². The highest BCUT2D eigenvalue weighted by atomic mass is 79.9. The van der Waals surface area contributed by atoms with Crippen LogP contribution in [0.25, 0.3) is 0 Å². The number of aromatic hydroxyl groups is 1. The van der Waals surface area contributed by atoms with E-state index in [-0.39, 0.29) is 11.3 Å². The average molecular weight is 336 g/mol. The number of hydrogen-bond donors (Lipinski definition) is 3. The van der Waals surface area contributed by atoms with Crippen LogP contribution in [0, 0.1) is 0 Å². The largest absolute Gasteiger partial charge is 0.508 e. The van der Waals surface area contributed by atoms with Crippen LogP contribution >= 0.6 is 15.9 Å². The molecule has 0 atom stereocenters. The van der Waals surface area contributed by atoms with Crippen molar-refractivity contribution in [3.05, 3.63) is 58.1 Å². The maximum absolute atomic E-state index is 12.0. The topological polar surface area (TPSA) is 86.6 Å². The molecular formula is C14H10BrNO4. The number of benzene rings is 2. The van der Waals surface area contributed by atoms with E-state index in [1.807, 2.05) is 0 Å². The van der Waals surface area contributed by atoms with Crippen LogP contribution in [-0.4, -0.2) is 22.1 Å². The van der Waals surface area contributed by atoms with Crippen molar-refractivity contribution in [1.82, 2.24) is 0 Å². The van der Waals surface area contributed by atoms with E-state index in [1.165, 1.54) is 36.4 Å². The molecule has 5 nitrogen and oxygen atoms in total. The van der Waals surface area contributed by atoms with Gasteiger partial charge in [-0.2, -0.15) is 0 Å². The van der Waals surface area contributed by atoms with Gasteiger partial charge in [0.05, 0.1) is 11.3 Å². The van der Waals surface area contributed by atoms with Crippen molar-refractivity contribution in [2.75, 3.05) is 5.32 Å². The molecule has 0 radical (unpaired) electrons. The zero-order valence-electron chi connectivity index (χ0n) is 10.1. The summed E-state index contributed by atoms with van der Waals surface area (Å²) in [7, 11) is 0. The number of phenolic OH excluding ortho intramolecular Hbond substituents is 1. The fourth-order valence-corrected chi connectivity index (χ4v) is 1.91. The van der Waals surface area contributed by atoms with E-state index in [9.17, 15) is 9.59 Å². The number of halogens is 1. The monoisotopic (exact) mass is 335 g/mol. The van der Waals surface area contributed by atoms with Crippen molar-refractivity contribution >= 4 is 33.5 Å². The van der Waals surface area contributed by atoms with Gasteiger partial charge in [-0.15, -0.1) is 0 Å². The molecule has 0 aliphatic rings. The summed E-state index contributed by atoms with van der Waals surface area (Å²) in [6, 6.07) is 10.1. The second-order valence-corrected chi connectivity index (χ2v) is 4.86. The zero-order chi connectivity index (χ0) is 14.7. The number of nitrogens with one attached hydrogen (secondary N) is 1. The molecule has 0 aromatic heterocycles. The molecule has 2 aromatic carbocycles. The second kappa shape index (κ2) is 5.75. The number of phenols is 1. The number of carboxylic acid groups (broad SMARTS) is 1. The van der Waals surface area contributed by atoms with Crippen LogP contribution in [0.1, 0.15) is 20.7 Å². The minimum atomic E-state index is -1.07. The molecule has 0 spiro atoms. The van der Waals surface area contributed by atoms with E-state index in [4.69, 9.17) is 10.2 Å². The Morgan fingerprint density at radius 3 is 2.20 bits per heavy atom. The molecule has 0 saturated heterocycles. The second-order valence-electron chi connectivity index (χ2n) is 4.00. The van der Waals surface area contributed by atoms with Gasteiger partial charge in [0.2, 0.25) is 0 Å². The lowest BCUT2D eigenvalue weighted by Crippen LogP contribution is -2.12. The first-order valence-corrected chi connectivity index (χ1v) is 6.40. The molecule has 0 aliphatic heterocycles. The molecule has 2 rings (SSSR count). The van der Waals surface area contributed by atoms with Gasteiger partial charge in [-0.05, 0) is 58.4 Å². The van der Waals surface area contributed by atoms with Gasteiger partial charge in [0.15, 0.2) is 0 Å². The van der Waals surface area contributed by atoms with Crippen LogP contribution in [0.3, 0.4) is 0 Å². The SMILES string of the molecule is O=C(O)c1ccc(Br)c(NC(=O)c2ccc(O)cc2)c1. The fraction of sp³-hybridized carbons (Fsp3) is 0. The van der Waals surface area contributed by atoms with Crippen LogP contribution in [0.15, 0.2) is 46.9 Å². The summed E-state index contributed by atoms with van der Waals surface area (Å²) in [4.78, 5) is 22.9. The summed E-state index contributed by atoms with van der Waals surface area (Å²) in [5.74, 6) is -1.40. The number of aromatic carboxylic acids is 1. The Morgan fingerprint density at radius 2 is 1.60 bits per heavy atom. The molecule has 0 aliphatic carbocycles. The molecule has 0 saturated carbocycles. The fourth-order valence-electron chi connectivity index (χ4n) is 1.56. The van der Waals surface area contributed by atoms with Crippen molar-refractivity contribution in [2.45, 2.75) is 0 Å². The van der Waals surface area contributed by atoms with Crippen molar-refractivity contribution < 1.29 is 19.8 Å². The van der Waals surface area contributed by atoms with Gasteiger partial charge in [0.1, 0.15) is 5.75 Å². The quantitative estimate of drug-likeness (QED) is 0.804. The first-order valence-electron chi connectivity index (χ1n) is 5.60. The van der Waals surface area contributed by atoms with Crippen molar-refractivity contribution in [3.63, 3.8) is 0 Å². The first kappa shape index (κ1) is 14.1. The third kappa shape index (κ3) is 3.16. The van der Waals surface area contributed by atoms with Gasteiger partial charge < -0.3 is 15.5 Å². The smallest absolute Gasteiger partial charge is 0.335 e. The molecule has 0 fully saturated rings. The molecule has 2 aromatic rings. The first-order chi connectivity index (χ1) is 9.47. The highest BCUT2D eigenvalue weighted by Gasteiger charge is 2.11. The number of rotatable bonds is 3. The maximum atomic E-state index is 12.0. The van der Waals surface area contributed by atoms with Gasteiger partial charge in [-0.25, -0.2) is 4.79 Å². The minimum absolute atomic E-state index is 0.0654. The van der Waals surface area contributed by atoms with E-state index >= 15 is 0 Å². The van der Waals surface area contributed by atoms with E-state index in [0.717, 1.165) is 0 Å². The molecular weight excluding hydrogens is 326 g/mol. The Labute approximate surface area is 123 Å². The standard InChI is InChI=1S/C14H10BrNO4/c15-11-6-3-9(14(19)20)7-12(11)16-13(18)8-1-4-10(17)5-2-8/h1-7,17H,(H,16,18)(H,19,20). The Morgan fingerprint density at radius 1 is 1.00 bits per heavy atom. The van der Waals surface area contributed by atoms with E-state index in [0.29, 0.717) is 15.7 Å². The van der Waals surface area contributed by atoms with Crippen LogP contribution in [0.4, 0.5) is 5.69 Å². The number of carbonyl (C=O) groups excluding carboxylic acids is 1. The predicted molar refractivity (Wildman–Crippen MR) is 77.2 cm³/mol. The molecule has 20 heavy (non-hydrogen) atoms. The Hall–Kier alpha value is -2.34. The summed E-state index contributed by atoms with van der Waals surface area (Å²) in [6.07, 6.45) is 0. The van der Waals surface area contributed by atoms with Crippen LogP contribution in [-0.2, 0) is 0 Å². The Kier molecular flexibility index (Phi) is 4.05. The molecule has 0 heterocycles.